The lowest BCUT2D eigenvalue weighted by Gasteiger charge is -2.32. The van der Waals surface area contributed by atoms with Crippen LogP contribution >= 0.6 is 0 Å². The van der Waals surface area contributed by atoms with Crippen molar-refractivity contribution in [2.45, 2.75) is 25.8 Å². The predicted molar refractivity (Wildman–Crippen MR) is 136 cm³/mol. The van der Waals surface area contributed by atoms with Gasteiger partial charge in [-0.05, 0) is 56.2 Å². The van der Waals surface area contributed by atoms with Crippen LogP contribution in [-0.4, -0.2) is 43.6 Å². The number of hydrogen-bond donors (Lipinski definition) is 1. The van der Waals surface area contributed by atoms with Crippen molar-refractivity contribution < 1.29 is 9.53 Å². The first-order valence-corrected chi connectivity index (χ1v) is 11.8. The highest BCUT2D eigenvalue weighted by Crippen LogP contribution is 2.35. The third-order valence-corrected chi connectivity index (χ3v) is 6.29. The van der Waals surface area contributed by atoms with Crippen molar-refractivity contribution in [3.8, 4) is 28.8 Å². The topological polar surface area (TPSA) is 123 Å². The molecule has 1 saturated heterocycles. The first-order valence-electron chi connectivity index (χ1n) is 11.8. The highest BCUT2D eigenvalue weighted by Gasteiger charge is 2.29. The lowest BCUT2D eigenvalue weighted by atomic mass is 10.0. The van der Waals surface area contributed by atoms with Crippen LogP contribution in [0.25, 0.3) is 22.3 Å². The summed E-state index contributed by atoms with van der Waals surface area (Å²) in [7, 11) is 0. The third-order valence-electron chi connectivity index (χ3n) is 6.29. The summed E-state index contributed by atoms with van der Waals surface area (Å²) < 4.78 is 7.76. The Bertz CT molecular complexity index is 1470. The number of allylic oxidation sites excluding steroid dienone is 1. The van der Waals surface area contributed by atoms with E-state index in [1.807, 2.05) is 65.3 Å². The Kier molecular flexibility index (Phi) is 6.33. The van der Waals surface area contributed by atoms with Gasteiger partial charge in [-0.25, -0.2) is 14.6 Å². The van der Waals surface area contributed by atoms with Crippen molar-refractivity contribution in [1.29, 1.82) is 5.26 Å². The van der Waals surface area contributed by atoms with Crippen molar-refractivity contribution in [3.63, 3.8) is 0 Å². The van der Waals surface area contributed by atoms with Crippen LogP contribution in [0.15, 0.2) is 72.6 Å². The van der Waals surface area contributed by atoms with Gasteiger partial charge in [-0.15, -0.1) is 0 Å². The molecule has 180 valence electrons. The second-order valence-electron chi connectivity index (χ2n) is 8.55. The zero-order valence-corrected chi connectivity index (χ0v) is 19.8. The second-order valence-corrected chi connectivity index (χ2v) is 8.55. The fraction of sp³-hybridized carbons (Fsp3) is 0.222. The summed E-state index contributed by atoms with van der Waals surface area (Å²) in [5, 5.41) is 14.9. The lowest BCUT2D eigenvalue weighted by Crippen LogP contribution is -2.41. The Morgan fingerprint density at radius 2 is 1.89 bits per heavy atom. The first kappa shape index (κ1) is 23.1. The number of para-hydroxylation sites is 1. The summed E-state index contributed by atoms with van der Waals surface area (Å²) in [6.45, 7) is 2.73. The SMILES string of the molecule is C/C=C(\C#N)C(=O)N1CCC[C@@H](n2nc(-c3ccc(Oc4ccccc4)cc3)c3c(N)ncnc32)C1. The predicted octanol–water partition coefficient (Wildman–Crippen LogP) is 4.50. The van der Waals surface area contributed by atoms with Crippen molar-refractivity contribution in [2.75, 3.05) is 18.8 Å². The zero-order valence-electron chi connectivity index (χ0n) is 19.8. The summed E-state index contributed by atoms with van der Waals surface area (Å²) in [5.41, 5.74) is 8.57. The molecule has 0 saturated carbocycles. The maximum atomic E-state index is 12.8. The minimum atomic E-state index is -0.260. The van der Waals surface area contributed by atoms with E-state index in [-0.39, 0.29) is 17.5 Å². The minimum absolute atomic E-state index is 0.106. The average Bonchev–Trinajstić information content (AvgIpc) is 3.31. The van der Waals surface area contributed by atoms with Crippen molar-refractivity contribution in [1.82, 2.24) is 24.6 Å². The molecule has 1 fully saturated rings. The molecular weight excluding hydrogens is 454 g/mol. The van der Waals surface area contributed by atoms with E-state index in [0.717, 1.165) is 24.2 Å². The number of rotatable bonds is 5. The molecule has 0 aliphatic carbocycles. The first-order chi connectivity index (χ1) is 17.6. The van der Waals surface area contributed by atoms with Crippen LogP contribution in [-0.2, 0) is 4.79 Å². The van der Waals surface area contributed by atoms with Crippen molar-refractivity contribution in [3.05, 3.63) is 72.6 Å². The van der Waals surface area contributed by atoms with Crippen LogP contribution in [0.2, 0.25) is 0 Å². The van der Waals surface area contributed by atoms with Gasteiger partial charge in [0.15, 0.2) is 5.65 Å². The number of nitrogens with two attached hydrogens (primary N) is 1. The van der Waals surface area contributed by atoms with E-state index in [4.69, 9.17) is 15.6 Å². The quantitative estimate of drug-likeness (QED) is 0.330. The van der Waals surface area contributed by atoms with Gasteiger partial charge in [-0.2, -0.15) is 10.4 Å². The molecule has 4 aromatic rings. The number of carbonyl (C=O) groups is 1. The Hall–Kier alpha value is -4.71. The molecule has 2 aromatic carbocycles. The highest BCUT2D eigenvalue weighted by molar-refractivity contribution is 5.98. The fourth-order valence-corrected chi connectivity index (χ4v) is 4.50. The molecule has 1 atom stereocenters. The molecule has 2 aromatic heterocycles. The molecule has 9 nitrogen and oxygen atoms in total. The number of benzene rings is 2. The van der Waals surface area contributed by atoms with Crippen LogP contribution in [0.3, 0.4) is 0 Å². The molecule has 0 spiro atoms. The number of amides is 1. The third kappa shape index (κ3) is 4.36. The van der Waals surface area contributed by atoms with Crippen LogP contribution in [0, 0.1) is 11.3 Å². The zero-order chi connectivity index (χ0) is 25.1. The normalized spacial score (nSPS) is 16.1. The molecular formula is C27H25N7O2. The standard InChI is InChI=1S/C27H25N7O2/c1-2-18(15-28)27(35)33-14-6-7-20(16-33)34-26-23(25(29)30-17-31-26)24(32-34)19-10-12-22(13-11-19)36-21-8-4-3-5-9-21/h2-5,8-13,17,20H,6-7,14,16H2,1H3,(H2,29,30,31)/b18-2+/t20-/m1/s1. The smallest absolute Gasteiger partial charge is 0.264 e. The van der Waals surface area contributed by atoms with Crippen LogP contribution in [0.5, 0.6) is 11.5 Å². The van der Waals surface area contributed by atoms with Gasteiger partial charge in [-0.3, -0.25) is 4.79 Å². The summed E-state index contributed by atoms with van der Waals surface area (Å²) in [5.74, 6) is 1.54. The molecule has 0 unspecified atom stereocenters. The number of hydrogen-bond acceptors (Lipinski definition) is 7. The van der Waals surface area contributed by atoms with E-state index in [0.29, 0.717) is 41.4 Å². The number of aromatic nitrogens is 4. The van der Waals surface area contributed by atoms with Crippen molar-refractivity contribution in [2.24, 2.45) is 0 Å². The molecule has 1 aliphatic heterocycles. The molecule has 1 amide bonds. The molecule has 36 heavy (non-hydrogen) atoms. The van der Waals surface area contributed by atoms with Crippen molar-refractivity contribution >= 4 is 22.8 Å². The highest BCUT2D eigenvalue weighted by atomic mass is 16.5. The van der Waals surface area contributed by atoms with E-state index in [1.54, 1.807) is 17.9 Å². The number of nitrogen functional groups attached to an aromatic ring is 1. The number of nitrogens with zero attached hydrogens (tertiary/aromatic N) is 6. The summed E-state index contributed by atoms with van der Waals surface area (Å²) in [4.78, 5) is 23.2. The molecule has 2 N–H and O–H groups in total. The van der Waals surface area contributed by atoms with Gasteiger partial charge in [0.2, 0.25) is 0 Å². The van der Waals surface area contributed by atoms with E-state index in [9.17, 15) is 10.1 Å². The van der Waals surface area contributed by atoms with E-state index in [1.165, 1.54) is 6.33 Å². The van der Waals surface area contributed by atoms with Gasteiger partial charge in [-0.1, -0.05) is 24.3 Å². The monoisotopic (exact) mass is 479 g/mol. The number of ether oxygens (including phenoxy) is 1. The van der Waals surface area contributed by atoms with Crippen LogP contribution in [0.1, 0.15) is 25.8 Å². The number of carbonyl (C=O) groups excluding carboxylic acids is 1. The van der Waals surface area contributed by atoms with Gasteiger partial charge < -0.3 is 15.4 Å². The molecule has 5 rings (SSSR count). The van der Waals surface area contributed by atoms with Gasteiger partial charge in [0.25, 0.3) is 5.91 Å². The number of fused-ring (bicyclic) bond motifs is 1. The Labute approximate surface area is 208 Å². The van der Waals surface area contributed by atoms with Gasteiger partial charge in [0.05, 0.1) is 11.4 Å². The number of nitriles is 1. The molecule has 3 heterocycles. The summed E-state index contributed by atoms with van der Waals surface area (Å²) in [6, 6.07) is 19.1. The Balaban J connectivity index is 1.48. The Morgan fingerprint density at radius 3 is 2.61 bits per heavy atom. The van der Waals surface area contributed by atoms with E-state index in [2.05, 4.69) is 9.97 Å². The van der Waals surface area contributed by atoms with Gasteiger partial charge in [0.1, 0.15) is 41.0 Å². The average molecular weight is 480 g/mol. The molecule has 9 heteroatoms. The second kappa shape index (κ2) is 9.88. The maximum Gasteiger partial charge on any atom is 0.264 e. The van der Waals surface area contributed by atoms with Crippen LogP contribution < -0.4 is 10.5 Å². The largest absolute Gasteiger partial charge is 0.457 e. The summed E-state index contributed by atoms with van der Waals surface area (Å²) in [6.07, 6.45) is 4.59. The molecule has 0 radical (unpaired) electrons. The number of piperidine rings is 1. The van der Waals surface area contributed by atoms with Crippen LogP contribution in [0.4, 0.5) is 5.82 Å². The number of anilines is 1. The maximum absolute atomic E-state index is 12.8. The summed E-state index contributed by atoms with van der Waals surface area (Å²) >= 11 is 0. The lowest BCUT2D eigenvalue weighted by molar-refractivity contribution is -0.128. The molecule has 0 bridgehead atoms. The Morgan fingerprint density at radius 1 is 1.14 bits per heavy atom. The van der Waals surface area contributed by atoms with Gasteiger partial charge >= 0.3 is 0 Å². The van der Waals surface area contributed by atoms with E-state index < -0.39 is 0 Å². The minimum Gasteiger partial charge on any atom is -0.457 e. The number of likely N-dealkylation sites (tertiary alicyclic amines) is 1. The fourth-order valence-electron chi connectivity index (χ4n) is 4.50. The molecule has 1 aliphatic rings. The van der Waals surface area contributed by atoms with Gasteiger partial charge in [0, 0.05) is 18.7 Å². The van der Waals surface area contributed by atoms with E-state index >= 15 is 0 Å².